The molecule has 0 radical (unpaired) electrons. The van der Waals surface area contributed by atoms with E-state index in [0.717, 1.165) is 0 Å². The van der Waals surface area contributed by atoms with Crippen molar-refractivity contribution < 1.29 is 9.59 Å². The van der Waals surface area contributed by atoms with Crippen LogP contribution in [-0.4, -0.2) is 30.9 Å². The summed E-state index contributed by atoms with van der Waals surface area (Å²) >= 11 is 0. The van der Waals surface area contributed by atoms with Gasteiger partial charge in [0.25, 0.3) is 0 Å². The van der Waals surface area contributed by atoms with E-state index < -0.39 is 17.4 Å². The molecule has 0 aromatic rings. The predicted octanol–water partition coefficient (Wildman–Crippen LogP) is 0.247. The van der Waals surface area contributed by atoms with Crippen LogP contribution in [0.25, 0.3) is 0 Å². The average molecular weight is 243 g/mol. The number of rotatable bonds is 5. The fraction of sp³-hybridized carbons (Fsp3) is 0.833. The highest BCUT2D eigenvalue weighted by Crippen LogP contribution is 2.19. The third-order valence-electron chi connectivity index (χ3n) is 2.70. The zero-order chi connectivity index (χ0) is 13.8. The van der Waals surface area contributed by atoms with Gasteiger partial charge in [-0.2, -0.15) is 0 Å². The summed E-state index contributed by atoms with van der Waals surface area (Å²) in [6, 6.07) is -0.983. The molecule has 0 aromatic heterocycles. The lowest BCUT2D eigenvalue weighted by atomic mass is 9.86. The van der Waals surface area contributed by atoms with Crippen LogP contribution in [0.3, 0.4) is 0 Å². The molecule has 0 aliphatic carbocycles. The van der Waals surface area contributed by atoms with Crippen LogP contribution in [0.4, 0.5) is 0 Å². The molecule has 0 saturated heterocycles. The normalized spacial score (nSPS) is 15.5. The lowest BCUT2D eigenvalue weighted by molar-refractivity contribution is -0.131. The monoisotopic (exact) mass is 243 g/mol. The molecule has 5 nitrogen and oxygen atoms in total. The van der Waals surface area contributed by atoms with Crippen molar-refractivity contribution >= 4 is 11.8 Å². The van der Waals surface area contributed by atoms with E-state index in [4.69, 9.17) is 5.73 Å². The van der Waals surface area contributed by atoms with Crippen molar-refractivity contribution in [2.24, 2.45) is 17.1 Å². The number of nitrogens with one attached hydrogen (secondary N) is 2. The van der Waals surface area contributed by atoms with E-state index in [-0.39, 0.29) is 17.9 Å². The molecule has 0 aliphatic rings. The molecular weight excluding hydrogens is 218 g/mol. The van der Waals surface area contributed by atoms with E-state index in [1.807, 2.05) is 34.6 Å². The minimum absolute atomic E-state index is 0.147. The molecular formula is C12H25N3O2. The van der Waals surface area contributed by atoms with Gasteiger partial charge < -0.3 is 16.4 Å². The Kier molecular flexibility index (Phi) is 5.61. The quantitative estimate of drug-likeness (QED) is 0.647. The molecule has 1 unspecified atom stereocenters. The highest BCUT2D eigenvalue weighted by molar-refractivity contribution is 5.89. The molecule has 2 atom stereocenters. The molecule has 0 fully saturated rings. The van der Waals surface area contributed by atoms with Gasteiger partial charge in [-0.3, -0.25) is 9.59 Å². The summed E-state index contributed by atoms with van der Waals surface area (Å²) in [5, 5.41) is 5.65. The first-order valence-corrected chi connectivity index (χ1v) is 5.88. The Hall–Kier alpha value is -1.10. The van der Waals surface area contributed by atoms with Crippen molar-refractivity contribution in [2.75, 3.05) is 7.05 Å². The smallest absolute Gasteiger partial charge is 0.240 e. The maximum Gasteiger partial charge on any atom is 0.240 e. The second kappa shape index (κ2) is 6.00. The molecule has 17 heavy (non-hydrogen) atoms. The van der Waals surface area contributed by atoms with Gasteiger partial charge in [-0.15, -0.1) is 0 Å². The molecule has 0 saturated carbocycles. The molecule has 0 heterocycles. The van der Waals surface area contributed by atoms with Crippen LogP contribution in [-0.2, 0) is 9.59 Å². The van der Waals surface area contributed by atoms with Gasteiger partial charge in [0.2, 0.25) is 11.8 Å². The van der Waals surface area contributed by atoms with Crippen molar-refractivity contribution in [1.82, 2.24) is 10.6 Å². The van der Waals surface area contributed by atoms with Crippen molar-refractivity contribution in [2.45, 2.75) is 46.7 Å². The molecule has 0 rings (SSSR count). The minimum Gasteiger partial charge on any atom is -0.368 e. The summed E-state index contributed by atoms with van der Waals surface area (Å²) in [4.78, 5) is 23.3. The van der Waals surface area contributed by atoms with E-state index in [1.165, 1.54) is 0 Å². The molecule has 5 heteroatoms. The van der Waals surface area contributed by atoms with Crippen LogP contribution < -0.4 is 16.4 Å². The lowest BCUT2D eigenvalue weighted by Gasteiger charge is -2.31. The van der Waals surface area contributed by atoms with E-state index in [9.17, 15) is 9.59 Å². The average Bonchev–Trinajstić information content (AvgIpc) is 2.12. The number of carbonyl (C=O) groups is 2. The van der Waals surface area contributed by atoms with Crippen molar-refractivity contribution in [3.05, 3.63) is 0 Å². The zero-order valence-corrected chi connectivity index (χ0v) is 11.6. The second-order valence-corrected chi connectivity index (χ2v) is 5.72. The summed E-state index contributed by atoms with van der Waals surface area (Å²) < 4.78 is 0. The maximum atomic E-state index is 12.0. The number of nitrogens with two attached hydrogens (primary N) is 1. The lowest BCUT2D eigenvalue weighted by Crippen LogP contribution is -2.57. The minimum atomic E-state index is -0.662. The van der Waals surface area contributed by atoms with Crippen LogP contribution >= 0.6 is 0 Å². The van der Waals surface area contributed by atoms with Crippen molar-refractivity contribution in [3.8, 4) is 0 Å². The first kappa shape index (κ1) is 15.9. The first-order valence-electron chi connectivity index (χ1n) is 5.88. The Labute approximate surface area is 104 Å². The van der Waals surface area contributed by atoms with E-state index in [1.54, 1.807) is 7.05 Å². The van der Waals surface area contributed by atoms with Crippen LogP contribution in [0.15, 0.2) is 0 Å². The third-order valence-corrected chi connectivity index (χ3v) is 2.70. The summed E-state index contributed by atoms with van der Waals surface area (Å²) in [7, 11) is 1.72. The fourth-order valence-electron chi connectivity index (χ4n) is 1.71. The Morgan fingerprint density at radius 3 is 1.88 bits per heavy atom. The summed E-state index contributed by atoms with van der Waals surface area (Å²) in [5.41, 5.74) is 4.92. The van der Waals surface area contributed by atoms with Gasteiger partial charge in [0, 0.05) is 0 Å². The summed E-state index contributed by atoms with van der Waals surface area (Å²) in [6.45, 7) is 9.49. The topological polar surface area (TPSA) is 84.2 Å². The van der Waals surface area contributed by atoms with Crippen molar-refractivity contribution in [3.63, 3.8) is 0 Å². The molecule has 0 spiro atoms. The van der Waals surface area contributed by atoms with Crippen molar-refractivity contribution in [1.29, 1.82) is 0 Å². The number of primary amides is 1. The molecule has 100 valence electrons. The molecule has 0 bridgehead atoms. The van der Waals surface area contributed by atoms with Gasteiger partial charge in [-0.05, 0) is 18.4 Å². The van der Waals surface area contributed by atoms with Crippen LogP contribution in [0.1, 0.15) is 34.6 Å². The Balaban J connectivity index is 4.79. The third kappa shape index (κ3) is 4.73. The second-order valence-electron chi connectivity index (χ2n) is 5.72. The number of likely N-dealkylation sites (N-methyl/N-ethyl adjacent to an activating group) is 1. The highest BCUT2D eigenvalue weighted by atomic mass is 16.2. The van der Waals surface area contributed by atoms with Gasteiger partial charge in [0.05, 0.1) is 6.04 Å². The Morgan fingerprint density at radius 1 is 1.18 bits per heavy atom. The summed E-state index contributed by atoms with van der Waals surface area (Å²) in [5.74, 6) is -0.556. The maximum absolute atomic E-state index is 12.0. The number of hydrogen-bond acceptors (Lipinski definition) is 3. The standard InChI is InChI=1S/C12H25N3O2/c1-7(2)8(14-6)11(17)15-9(10(13)16)12(3,4)5/h7-9,14H,1-6H3,(H2,13,16)(H,15,17)/t8-,9?/m0/s1. The van der Waals surface area contributed by atoms with Crippen LogP contribution in [0.5, 0.6) is 0 Å². The van der Waals surface area contributed by atoms with Gasteiger partial charge in [0.15, 0.2) is 0 Å². The van der Waals surface area contributed by atoms with Crippen LogP contribution in [0.2, 0.25) is 0 Å². The van der Waals surface area contributed by atoms with Gasteiger partial charge in [0.1, 0.15) is 6.04 Å². The zero-order valence-electron chi connectivity index (χ0n) is 11.6. The fourth-order valence-corrected chi connectivity index (χ4v) is 1.71. The van der Waals surface area contributed by atoms with Gasteiger partial charge in [-0.1, -0.05) is 34.6 Å². The SMILES string of the molecule is CN[C@H](C(=O)NC(C(N)=O)C(C)(C)C)C(C)C. The number of hydrogen-bond donors (Lipinski definition) is 3. The Morgan fingerprint density at radius 2 is 1.65 bits per heavy atom. The molecule has 2 amide bonds. The number of carbonyl (C=O) groups excluding carboxylic acids is 2. The van der Waals surface area contributed by atoms with E-state index >= 15 is 0 Å². The van der Waals surface area contributed by atoms with Gasteiger partial charge in [-0.25, -0.2) is 0 Å². The molecule has 4 N–H and O–H groups in total. The summed E-state index contributed by atoms with van der Waals surface area (Å²) in [6.07, 6.45) is 0. The molecule has 0 aromatic carbocycles. The Bertz CT molecular complexity index is 282. The highest BCUT2D eigenvalue weighted by Gasteiger charge is 2.33. The van der Waals surface area contributed by atoms with Gasteiger partial charge >= 0.3 is 0 Å². The molecule has 0 aliphatic heterocycles. The predicted molar refractivity (Wildman–Crippen MR) is 68.3 cm³/mol. The largest absolute Gasteiger partial charge is 0.368 e. The number of amides is 2. The van der Waals surface area contributed by atoms with Crippen LogP contribution in [0, 0.1) is 11.3 Å². The van der Waals surface area contributed by atoms with E-state index in [2.05, 4.69) is 10.6 Å². The van der Waals surface area contributed by atoms with E-state index in [0.29, 0.717) is 0 Å². The first-order chi connectivity index (χ1) is 7.61.